The SMILES string of the molecule is Cc1cc2c(=O)n3c(nc2cc1NCCCN1CCOCC1)CCC3. The Kier molecular flexibility index (Phi) is 4.72. The van der Waals surface area contributed by atoms with Crippen molar-refractivity contribution in [2.75, 3.05) is 44.7 Å². The number of aromatic nitrogens is 2. The largest absolute Gasteiger partial charge is 0.385 e. The Morgan fingerprint density at radius 2 is 2.08 bits per heavy atom. The van der Waals surface area contributed by atoms with Gasteiger partial charge in [-0.25, -0.2) is 4.98 Å². The highest BCUT2D eigenvalue weighted by Gasteiger charge is 2.17. The van der Waals surface area contributed by atoms with Gasteiger partial charge in [0.25, 0.3) is 5.56 Å². The maximum Gasteiger partial charge on any atom is 0.261 e. The Balaban J connectivity index is 1.45. The van der Waals surface area contributed by atoms with E-state index in [2.05, 4.69) is 17.1 Å². The molecular weight excluding hydrogens is 316 g/mol. The van der Waals surface area contributed by atoms with E-state index in [0.29, 0.717) is 0 Å². The molecule has 25 heavy (non-hydrogen) atoms. The second-order valence-electron chi connectivity index (χ2n) is 7.01. The van der Waals surface area contributed by atoms with E-state index in [0.717, 1.165) is 93.2 Å². The van der Waals surface area contributed by atoms with Gasteiger partial charge in [-0.05, 0) is 44.0 Å². The first-order valence-corrected chi connectivity index (χ1v) is 9.30. The molecule has 0 radical (unpaired) electrons. The summed E-state index contributed by atoms with van der Waals surface area (Å²) in [7, 11) is 0. The van der Waals surface area contributed by atoms with E-state index < -0.39 is 0 Å². The predicted octanol–water partition coefficient (Wildman–Crippen LogP) is 1.79. The van der Waals surface area contributed by atoms with Crippen molar-refractivity contribution < 1.29 is 4.74 Å². The molecule has 0 atom stereocenters. The first-order chi connectivity index (χ1) is 12.2. The molecule has 0 spiro atoms. The van der Waals surface area contributed by atoms with E-state index in [9.17, 15) is 4.79 Å². The number of morpholine rings is 1. The van der Waals surface area contributed by atoms with Crippen LogP contribution in [0.15, 0.2) is 16.9 Å². The van der Waals surface area contributed by atoms with E-state index in [1.54, 1.807) is 0 Å². The molecule has 0 amide bonds. The normalized spacial score (nSPS) is 17.8. The molecule has 6 heteroatoms. The number of fused-ring (bicyclic) bond motifs is 2. The van der Waals surface area contributed by atoms with Crippen LogP contribution in [-0.4, -0.2) is 53.8 Å². The average molecular weight is 342 g/mol. The molecule has 4 rings (SSSR count). The summed E-state index contributed by atoms with van der Waals surface area (Å²) in [5.74, 6) is 0.930. The highest BCUT2D eigenvalue weighted by Crippen LogP contribution is 2.22. The fraction of sp³-hybridized carbons (Fsp3) is 0.579. The number of anilines is 1. The van der Waals surface area contributed by atoms with Crippen LogP contribution in [0.3, 0.4) is 0 Å². The van der Waals surface area contributed by atoms with Crippen LogP contribution in [0.2, 0.25) is 0 Å². The molecule has 3 heterocycles. The molecule has 2 aromatic rings. The molecule has 1 fully saturated rings. The standard InChI is InChI=1S/C19H26N4O2/c1-14-12-15-17(21-18-4-2-7-23(18)19(15)24)13-16(14)20-5-3-6-22-8-10-25-11-9-22/h12-13,20H,2-11H2,1H3. The lowest BCUT2D eigenvalue weighted by Gasteiger charge is -2.26. The van der Waals surface area contributed by atoms with Crippen molar-refractivity contribution in [1.29, 1.82) is 0 Å². The fourth-order valence-corrected chi connectivity index (χ4v) is 3.78. The topological polar surface area (TPSA) is 59.4 Å². The van der Waals surface area contributed by atoms with Gasteiger partial charge in [0.05, 0.1) is 24.1 Å². The second-order valence-corrected chi connectivity index (χ2v) is 7.01. The lowest BCUT2D eigenvalue weighted by atomic mass is 10.1. The predicted molar refractivity (Wildman–Crippen MR) is 99.4 cm³/mol. The number of nitrogens with zero attached hydrogens (tertiary/aromatic N) is 3. The van der Waals surface area contributed by atoms with Crippen molar-refractivity contribution in [3.8, 4) is 0 Å². The minimum atomic E-state index is 0.111. The molecule has 0 aliphatic carbocycles. The van der Waals surface area contributed by atoms with Crippen LogP contribution in [0.1, 0.15) is 24.2 Å². The molecule has 2 aliphatic heterocycles. The summed E-state index contributed by atoms with van der Waals surface area (Å²) in [5, 5.41) is 4.26. The summed E-state index contributed by atoms with van der Waals surface area (Å²) in [6, 6.07) is 4.03. The van der Waals surface area contributed by atoms with E-state index in [4.69, 9.17) is 9.72 Å². The van der Waals surface area contributed by atoms with Gasteiger partial charge >= 0.3 is 0 Å². The average Bonchev–Trinajstić information content (AvgIpc) is 3.10. The third kappa shape index (κ3) is 3.41. The molecule has 1 aromatic heterocycles. The first kappa shape index (κ1) is 16.5. The fourth-order valence-electron chi connectivity index (χ4n) is 3.78. The summed E-state index contributed by atoms with van der Waals surface area (Å²) >= 11 is 0. The lowest BCUT2D eigenvalue weighted by Crippen LogP contribution is -2.37. The first-order valence-electron chi connectivity index (χ1n) is 9.30. The Bertz CT molecular complexity index is 824. The number of ether oxygens (including phenoxy) is 1. The maximum atomic E-state index is 12.6. The number of benzene rings is 1. The molecule has 1 aromatic carbocycles. The number of hydrogen-bond acceptors (Lipinski definition) is 5. The zero-order chi connectivity index (χ0) is 17.2. The summed E-state index contributed by atoms with van der Waals surface area (Å²) in [5.41, 5.74) is 3.12. The van der Waals surface area contributed by atoms with E-state index in [1.807, 2.05) is 16.7 Å². The molecule has 0 saturated carbocycles. The lowest BCUT2D eigenvalue weighted by molar-refractivity contribution is 0.0378. The van der Waals surface area contributed by atoms with Crippen molar-refractivity contribution in [1.82, 2.24) is 14.5 Å². The van der Waals surface area contributed by atoms with E-state index in [1.165, 1.54) is 0 Å². The van der Waals surface area contributed by atoms with Crippen LogP contribution >= 0.6 is 0 Å². The van der Waals surface area contributed by atoms with Gasteiger partial charge in [-0.2, -0.15) is 0 Å². The van der Waals surface area contributed by atoms with Crippen molar-refractivity contribution in [3.63, 3.8) is 0 Å². The Hall–Kier alpha value is -1.92. The Labute approximate surface area is 147 Å². The third-order valence-corrected chi connectivity index (χ3v) is 5.23. The molecule has 1 N–H and O–H groups in total. The summed E-state index contributed by atoms with van der Waals surface area (Å²) in [6.07, 6.45) is 3.02. The second kappa shape index (κ2) is 7.14. The third-order valence-electron chi connectivity index (χ3n) is 5.23. The smallest absolute Gasteiger partial charge is 0.261 e. The molecule has 2 aliphatic rings. The maximum absolute atomic E-state index is 12.6. The van der Waals surface area contributed by atoms with Gasteiger partial charge in [0, 0.05) is 38.3 Å². The zero-order valence-electron chi connectivity index (χ0n) is 14.9. The zero-order valence-corrected chi connectivity index (χ0v) is 14.9. The Morgan fingerprint density at radius 1 is 1.24 bits per heavy atom. The minimum Gasteiger partial charge on any atom is -0.385 e. The van der Waals surface area contributed by atoms with E-state index in [-0.39, 0.29) is 5.56 Å². The van der Waals surface area contributed by atoms with Gasteiger partial charge < -0.3 is 10.1 Å². The monoisotopic (exact) mass is 342 g/mol. The summed E-state index contributed by atoms with van der Waals surface area (Å²) < 4.78 is 7.21. The minimum absolute atomic E-state index is 0.111. The quantitative estimate of drug-likeness (QED) is 0.840. The number of aryl methyl sites for hydroxylation is 2. The van der Waals surface area contributed by atoms with Crippen LogP contribution in [0.5, 0.6) is 0 Å². The molecule has 0 bridgehead atoms. The van der Waals surface area contributed by atoms with Crippen molar-refractivity contribution in [2.45, 2.75) is 32.7 Å². The molecular formula is C19H26N4O2. The molecule has 6 nitrogen and oxygen atoms in total. The highest BCUT2D eigenvalue weighted by atomic mass is 16.5. The summed E-state index contributed by atoms with van der Waals surface area (Å²) in [6.45, 7) is 8.65. The Morgan fingerprint density at radius 3 is 2.92 bits per heavy atom. The molecule has 1 saturated heterocycles. The van der Waals surface area contributed by atoms with Gasteiger partial charge in [0.2, 0.25) is 0 Å². The van der Waals surface area contributed by atoms with Crippen LogP contribution < -0.4 is 10.9 Å². The number of rotatable bonds is 5. The van der Waals surface area contributed by atoms with Crippen LogP contribution in [0.4, 0.5) is 5.69 Å². The van der Waals surface area contributed by atoms with Crippen molar-refractivity contribution in [3.05, 3.63) is 33.9 Å². The van der Waals surface area contributed by atoms with Crippen molar-refractivity contribution in [2.24, 2.45) is 0 Å². The van der Waals surface area contributed by atoms with Gasteiger partial charge in [0.15, 0.2) is 0 Å². The van der Waals surface area contributed by atoms with Crippen LogP contribution in [-0.2, 0) is 17.7 Å². The van der Waals surface area contributed by atoms with Gasteiger partial charge in [0.1, 0.15) is 5.82 Å². The summed E-state index contributed by atoms with van der Waals surface area (Å²) in [4.78, 5) is 19.8. The number of nitrogens with one attached hydrogen (secondary N) is 1. The molecule has 0 unspecified atom stereocenters. The number of hydrogen-bond donors (Lipinski definition) is 1. The highest BCUT2D eigenvalue weighted by molar-refractivity contribution is 5.83. The van der Waals surface area contributed by atoms with Crippen molar-refractivity contribution >= 4 is 16.6 Å². The van der Waals surface area contributed by atoms with Gasteiger partial charge in [-0.3, -0.25) is 14.3 Å². The van der Waals surface area contributed by atoms with Crippen LogP contribution in [0, 0.1) is 6.92 Å². The van der Waals surface area contributed by atoms with E-state index >= 15 is 0 Å². The molecule has 134 valence electrons. The van der Waals surface area contributed by atoms with Crippen LogP contribution in [0.25, 0.3) is 10.9 Å². The van der Waals surface area contributed by atoms with Gasteiger partial charge in [-0.1, -0.05) is 0 Å². The van der Waals surface area contributed by atoms with Gasteiger partial charge in [-0.15, -0.1) is 0 Å².